The molecule has 2 rings (SSSR count). The lowest BCUT2D eigenvalue weighted by Crippen LogP contribution is -2.26. The molecule has 0 aliphatic heterocycles. The van der Waals surface area contributed by atoms with E-state index < -0.39 is 0 Å². The molecule has 104 valence electrons. The molecule has 0 radical (unpaired) electrons. The van der Waals surface area contributed by atoms with Gasteiger partial charge >= 0.3 is 0 Å². The summed E-state index contributed by atoms with van der Waals surface area (Å²) in [6.45, 7) is 7.15. The first-order chi connectivity index (χ1) is 9.26. The second kappa shape index (κ2) is 6.54. The lowest BCUT2D eigenvalue weighted by atomic mass is 10.3. The number of ether oxygens (including phenoxy) is 1. The number of nitrogens with zero attached hydrogens (tertiary/aromatic N) is 2. The van der Waals surface area contributed by atoms with Crippen molar-refractivity contribution in [3.8, 4) is 5.75 Å². The SMILES string of the molecule is CCOc1ccc2nc(CN(CC)CCO)[nH]c2c1. The molecule has 2 N–H and O–H groups in total. The van der Waals surface area contributed by atoms with E-state index in [1.54, 1.807) is 0 Å². The number of imidazole rings is 1. The Balaban J connectivity index is 2.16. The third-order valence-corrected chi connectivity index (χ3v) is 3.05. The summed E-state index contributed by atoms with van der Waals surface area (Å²) in [7, 11) is 0. The number of H-pyrrole nitrogens is 1. The largest absolute Gasteiger partial charge is 0.494 e. The molecule has 0 fully saturated rings. The Morgan fingerprint density at radius 3 is 2.89 bits per heavy atom. The van der Waals surface area contributed by atoms with Gasteiger partial charge in [-0.1, -0.05) is 6.92 Å². The minimum Gasteiger partial charge on any atom is -0.494 e. The average molecular weight is 263 g/mol. The van der Waals surface area contributed by atoms with E-state index in [2.05, 4.69) is 21.8 Å². The third kappa shape index (κ3) is 3.45. The van der Waals surface area contributed by atoms with Crippen LogP contribution in [0.1, 0.15) is 19.7 Å². The summed E-state index contributed by atoms with van der Waals surface area (Å²) < 4.78 is 5.47. The number of hydrogen-bond donors (Lipinski definition) is 2. The highest BCUT2D eigenvalue weighted by Crippen LogP contribution is 2.19. The van der Waals surface area contributed by atoms with Gasteiger partial charge in [0.25, 0.3) is 0 Å². The maximum absolute atomic E-state index is 8.99. The first-order valence-electron chi connectivity index (χ1n) is 6.71. The molecule has 19 heavy (non-hydrogen) atoms. The molecule has 1 aromatic carbocycles. The Morgan fingerprint density at radius 2 is 2.21 bits per heavy atom. The molecule has 5 heteroatoms. The van der Waals surface area contributed by atoms with E-state index >= 15 is 0 Å². The number of nitrogens with one attached hydrogen (secondary N) is 1. The Hall–Kier alpha value is -1.59. The van der Waals surface area contributed by atoms with E-state index in [1.807, 2.05) is 25.1 Å². The van der Waals surface area contributed by atoms with Crippen LogP contribution in [0.15, 0.2) is 18.2 Å². The molecular formula is C14H21N3O2. The van der Waals surface area contributed by atoms with Crippen LogP contribution >= 0.6 is 0 Å². The number of fused-ring (bicyclic) bond motifs is 1. The quantitative estimate of drug-likeness (QED) is 0.799. The Kier molecular flexibility index (Phi) is 4.76. The minimum atomic E-state index is 0.169. The molecule has 2 aromatic rings. The van der Waals surface area contributed by atoms with Gasteiger partial charge in [0.1, 0.15) is 11.6 Å². The van der Waals surface area contributed by atoms with Gasteiger partial charge in [-0.15, -0.1) is 0 Å². The van der Waals surface area contributed by atoms with Crippen molar-refractivity contribution in [2.45, 2.75) is 20.4 Å². The van der Waals surface area contributed by atoms with Crippen molar-refractivity contribution < 1.29 is 9.84 Å². The van der Waals surface area contributed by atoms with Crippen molar-refractivity contribution in [2.75, 3.05) is 26.3 Å². The number of aliphatic hydroxyl groups is 1. The predicted molar refractivity (Wildman–Crippen MR) is 75.3 cm³/mol. The van der Waals surface area contributed by atoms with E-state index in [0.717, 1.165) is 35.7 Å². The minimum absolute atomic E-state index is 0.169. The summed E-state index contributed by atoms with van der Waals surface area (Å²) in [5.74, 6) is 1.77. The van der Waals surface area contributed by atoms with Crippen molar-refractivity contribution >= 4 is 11.0 Å². The van der Waals surface area contributed by atoms with E-state index in [4.69, 9.17) is 9.84 Å². The summed E-state index contributed by atoms with van der Waals surface area (Å²) in [4.78, 5) is 9.99. The van der Waals surface area contributed by atoms with Crippen molar-refractivity contribution in [2.24, 2.45) is 0 Å². The van der Waals surface area contributed by atoms with Gasteiger partial charge < -0.3 is 14.8 Å². The Bertz CT molecular complexity index is 524. The summed E-state index contributed by atoms with van der Waals surface area (Å²) in [6, 6.07) is 5.86. The van der Waals surface area contributed by atoms with Crippen LogP contribution in [0.3, 0.4) is 0 Å². The standard InChI is InChI=1S/C14H21N3O2/c1-3-17(7-8-18)10-14-15-12-6-5-11(19-4-2)9-13(12)16-14/h5-6,9,18H,3-4,7-8,10H2,1-2H3,(H,15,16). The van der Waals surface area contributed by atoms with Gasteiger partial charge in [0, 0.05) is 12.6 Å². The molecule has 0 aliphatic carbocycles. The molecule has 0 bridgehead atoms. The highest BCUT2D eigenvalue weighted by atomic mass is 16.5. The molecule has 1 heterocycles. The van der Waals surface area contributed by atoms with Crippen LogP contribution in [0.4, 0.5) is 0 Å². The van der Waals surface area contributed by atoms with E-state index in [-0.39, 0.29) is 6.61 Å². The molecule has 0 aliphatic rings. The van der Waals surface area contributed by atoms with Gasteiger partial charge in [0.05, 0.1) is 30.8 Å². The number of benzene rings is 1. The zero-order chi connectivity index (χ0) is 13.7. The molecule has 0 saturated carbocycles. The number of aromatic amines is 1. The number of likely N-dealkylation sites (N-methyl/N-ethyl adjacent to an activating group) is 1. The smallest absolute Gasteiger partial charge is 0.121 e. The van der Waals surface area contributed by atoms with Crippen molar-refractivity contribution in [3.63, 3.8) is 0 Å². The maximum Gasteiger partial charge on any atom is 0.121 e. The fraction of sp³-hybridized carbons (Fsp3) is 0.500. The molecule has 0 unspecified atom stereocenters. The zero-order valence-electron chi connectivity index (χ0n) is 11.5. The van der Waals surface area contributed by atoms with Crippen LogP contribution < -0.4 is 4.74 Å². The second-order valence-electron chi connectivity index (χ2n) is 4.39. The van der Waals surface area contributed by atoms with Gasteiger partial charge in [-0.05, 0) is 25.6 Å². The van der Waals surface area contributed by atoms with Gasteiger partial charge in [-0.2, -0.15) is 0 Å². The summed E-state index contributed by atoms with van der Waals surface area (Å²) in [6.07, 6.45) is 0. The summed E-state index contributed by atoms with van der Waals surface area (Å²) in [5, 5.41) is 8.99. The van der Waals surface area contributed by atoms with Crippen LogP contribution in [0, 0.1) is 0 Å². The fourth-order valence-corrected chi connectivity index (χ4v) is 2.08. The number of aliphatic hydroxyl groups excluding tert-OH is 1. The number of rotatable bonds is 7. The average Bonchev–Trinajstić information content (AvgIpc) is 2.80. The lowest BCUT2D eigenvalue weighted by molar-refractivity contribution is 0.194. The highest BCUT2D eigenvalue weighted by Gasteiger charge is 2.08. The molecule has 0 amide bonds. The van der Waals surface area contributed by atoms with E-state index in [9.17, 15) is 0 Å². The highest BCUT2D eigenvalue weighted by molar-refractivity contribution is 5.76. The van der Waals surface area contributed by atoms with Crippen molar-refractivity contribution in [3.05, 3.63) is 24.0 Å². The van der Waals surface area contributed by atoms with Crippen LogP contribution in [-0.4, -0.2) is 46.3 Å². The first kappa shape index (κ1) is 13.8. The van der Waals surface area contributed by atoms with Gasteiger partial charge in [0.15, 0.2) is 0 Å². The number of aromatic nitrogens is 2. The lowest BCUT2D eigenvalue weighted by Gasteiger charge is -2.16. The second-order valence-corrected chi connectivity index (χ2v) is 4.39. The van der Waals surface area contributed by atoms with Gasteiger partial charge in [0.2, 0.25) is 0 Å². The molecule has 5 nitrogen and oxygen atoms in total. The Morgan fingerprint density at radius 1 is 1.37 bits per heavy atom. The van der Waals surface area contributed by atoms with Crippen LogP contribution in [0.2, 0.25) is 0 Å². The monoisotopic (exact) mass is 263 g/mol. The van der Waals surface area contributed by atoms with Crippen LogP contribution in [0.25, 0.3) is 11.0 Å². The summed E-state index contributed by atoms with van der Waals surface area (Å²) >= 11 is 0. The Labute approximate surface area is 113 Å². The molecule has 0 spiro atoms. The predicted octanol–water partition coefficient (Wildman–Crippen LogP) is 1.78. The molecular weight excluding hydrogens is 242 g/mol. The van der Waals surface area contributed by atoms with Crippen molar-refractivity contribution in [1.29, 1.82) is 0 Å². The van der Waals surface area contributed by atoms with Crippen molar-refractivity contribution in [1.82, 2.24) is 14.9 Å². The van der Waals surface area contributed by atoms with E-state index in [0.29, 0.717) is 13.2 Å². The zero-order valence-corrected chi connectivity index (χ0v) is 11.5. The van der Waals surface area contributed by atoms with Crippen LogP contribution in [0.5, 0.6) is 5.75 Å². The first-order valence-corrected chi connectivity index (χ1v) is 6.71. The normalized spacial score (nSPS) is 11.4. The molecule has 0 atom stereocenters. The van der Waals surface area contributed by atoms with Gasteiger partial charge in [-0.25, -0.2) is 4.98 Å². The maximum atomic E-state index is 8.99. The van der Waals surface area contributed by atoms with Gasteiger partial charge in [-0.3, -0.25) is 4.90 Å². The number of hydrogen-bond acceptors (Lipinski definition) is 4. The molecule has 0 saturated heterocycles. The third-order valence-electron chi connectivity index (χ3n) is 3.05. The van der Waals surface area contributed by atoms with E-state index in [1.165, 1.54) is 0 Å². The topological polar surface area (TPSA) is 61.4 Å². The van der Waals surface area contributed by atoms with Crippen LogP contribution in [-0.2, 0) is 6.54 Å². The molecule has 1 aromatic heterocycles. The fourth-order valence-electron chi connectivity index (χ4n) is 2.08. The summed E-state index contributed by atoms with van der Waals surface area (Å²) in [5.41, 5.74) is 1.93.